The highest BCUT2D eigenvalue weighted by Gasteiger charge is 2.08. The van der Waals surface area contributed by atoms with Crippen molar-refractivity contribution in [2.75, 3.05) is 0 Å². The predicted octanol–water partition coefficient (Wildman–Crippen LogP) is 3.50. The van der Waals surface area contributed by atoms with Crippen LogP contribution in [0.1, 0.15) is 19.4 Å². The number of hydrogen-bond acceptors (Lipinski definition) is 2. The molecule has 2 N–H and O–H groups in total. The Hall–Kier alpha value is -1.90. The SMILES string of the molecule is C\C=C/C(/C=C/C(O)C(O)/C=C/c1ccccc1)=C\C. The van der Waals surface area contributed by atoms with Gasteiger partial charge in [-0.1, -0.05) is 72.9 Å². The van der Waals surface area contributed by atoms with Crippen molar-refractivity contribution in [3.8, 4) is 0 Å². The third-order valence-electron chi connectivity index (χ3n) is 2.81. The van der Waals surface area contributed by atoms with Gasteiger partial charge in [0, 0.05) is 0 Å². The van der Waals surface area contributed by atoms with Crippen molar-refractivity contribution in [1.82, 2.24) is 0 Å². The summed E-state index contributed by atoms with van der Waals surface area (Å²) in [6, 6.07) is 9.67. The quantitative estimate of drug-likeness (QED) is 0.777. The minimum absolute atomic E-state index is 0.921. The molecule has 0 aromatic heterocycles. The number of aliphatic hydroxyl groups is 2. The smallest absolute Gasteiger partial charge is 0.102 e. The van der Waals surface area contributed by atoms with Crippen molar-refractivity contribution in [2.24, 2.45) is 0 Å². The Morgan fingerprint density at radius 3 is 2.20 bits per heavy atom. The lowest BCUT2D eigenvalue weighted by Gasteiger charge is -2.10. The normalized spacial score (nSPS) is 16.3. The Morgan fingerprint density at radius 1 is 0.950 bits per heavy atom. The average Bonchev–Trinajstić information content (AvgIpc) is 2.49. The van der Waals surface area contributed by atoms with E-state index in [9.17, 15) is 10.2 Å². The van der Waals surface area contributed by atoms with Crippen molar-refractivity contribution >= 4 is 6.08 Å². The highest BCUT2D eigenvalue weighted by atomic mass is 16.3. The van der Waals surface area contributed by atoms with Crippen molar-refractivity contribution in [2.45, 2.75) is 26.1 Å². The molecule has 0 amide bonds. The first kappa shape index (κ1) is 16.2. The summed E-state index contributed by atoms with van der Waals surface area (Å²) in [6.45, 7) is 3.86. The summed E-state index contributed by atoms with van der Waals surface area (Å²) >= 11 is 0. The van der Waals surface area contributed by atoms with Crippen LogP contribution in [0.2, 0.25) is 0 Å². The van der Waals surface area contributed by atoms with E-state index in [-0.39, 0.29) is 0 Å². The summed E-state index contributed by atoms with van der Waals surface area (Å²) in [5.41, 5.74) is 1.98. The molecule has 1 aromatic rings. The van der Waals surface area contributed by atoms with E-state index in [4.69, 9.17) is 0 Å². The van der Waals surface area contributed by atoms with Gasteiger partial charge in [-0.25, -0.2) is 0 Å². The van der Waals surface area contributed by atoms with E-state index < -0.39 is 12.2 Å². The summed E-state index contributed by atoms with van der Waals surface area (Å²) in [6.07, 6.45) is 10.7. The zero-order valence-electron chi connectivity index (χ0n) is 12.0. The van der Waals surface area contributed by atoms with Crippen LogP contribution >= 0.6 is 0 Å². The maximum atomic E-state index is 9.87. The van der Waals surface area contributed by atoms with Crippen LogP contribution in [-0.2, 0) is 0 Å². The molecule has 106 valence electrons. The Bertz CT molecular complexity index is 495. The van der Waals surface area contributed by atoms with Gasteiger partial charge < -0.3 is 10.2 Å². The van der Waals surface area contributed by atoms with Gasteiger partial charge in [0.1, 0.15) is 12.2 Å². The molecule has 2 heteroatoms. The molecule has 0 aliphatic carbocycles. The maximum absolute atomic E-state index is 9.87. The van der Waals surface area contributed by atoms with Crippen molar-refractivity contribution in [1.29, 1.82) is 0 Å². The first-order chi connectivity index (χ1) is 9.67. The fraction of sp³-hybridized carbons (Fsp3) is 0.222. The van der Waals surface area contributed by atoms with E-state index in [0.717, 1.165) is 11.1 Å². The second-order valence-corrected chi connectivity index (χ2v) is 4.40. The second kappa shape index (κ2) is 9.08. The van der Waals surface area contributed by atoms with E-state index in [1.54, 1.807) is 24.3 Å². The Kier molecular flexibility index (Phi) is 7.33. The van der Waals surface area contributed by atoms with E-state index in [2.05, 4.69) is 0 Å². The molecule has 0 spiro atoms. The van der Waals surface area contributed by atoms with Gasteiger partial charge in [-0.2, -0.15) is 0 Å². The average molecular weight is 270 g/mol. The van der Waals surface area contributed by atoms with E-state index in [0.29, 0.717) is 0 Å². The molecule has 0 aliphatic heterocycles. The molecular formula is C18H22O2. The Labute approximate surface area is 121 Å². The monoisotopic (exact) mass is 270 g/mol. The molecule has 1 rings (SSSR count). The fourth-order valence-corrected chi connectivity index (χ4v) is 1.65. The van der Waals surface area contributed by atoms with Crippen LogP contribution < -0.4 is 0 Å². The summed E-state index contributed by atoms with van der Waals surface area (Å²) in [5, 5.41) is 19.7. The molecule has 0 heterocycles. The fourth-order valence-electron chi connectivity index (χ4n) is 1.65. The van der Waals surface area contributed by atoms with Gasteiger partial charge in [-0.05, 0) is 25.0 Å². The number of benzene rings is 1. The van der Waals surface area contributed by atoms with Gasteiger partial charge in [-0.15, -0.1) is 0 Å². The van der Waals surface area contributed by atoms with Gasteiger partial charge in [-0.3, -0.25) is 0 Å². The van der Waals surface area contributed by atoms with Crippen LogP contribution in [0.4, 0.5) is 0 Å². The number of rotatable bonds is 6. The molecule has 20 heavy (non-hydrogen) atoms. The van der Waals surface area contributed by atoms with Crippen LogP contribution in [0.5, 0.6) is 0 Å². The molecule has 2 unspecified atom stereocenters. The van der Waals surface area contributed by atoms with Crippen LogP contribution in [0.25, 0.3) is 6.08 Å². The molecule has 0 fully saturated rings. The highest BCUT2D eigenvalue weighted by Crippen LogP contribution is 2.07. The summed E-state index contributed by atoms with van der Waals surface area (Å²) < 4.78 is 0. The molecule has 1 aromatic carbocycles. The standard InChI is InChI=1S/C18H22O2/c1-3-8-15(4-2)11-13-17(19)18(20)14-12-16-9-6-5-7-10-16/h3-14,17-20H,1-2H3/b8-3-,13-11+,14-12+,15-4+. The molecule has 0 saturated carbocycles. The lowest BCUT2D eigenvalue weighted by molar-refractivity contribution is 0.0813. The first-order valence-electron chi connectivity index (χ1n) is 6.74. The van der Waals surface area contributed by atoms with Crippen LogP contribution in [0.3, 0.4) is 0 Å². The molecule has 0 aliphatic rings. The van der Waals surface area contributed by atoms with Crippen LogP contribution in [0, 0.1) is 0 Å². The van der Waals surface area contributed by atoms with Gasteiger partial charge in [0.25, 0.3) is 0 Å². The maximum Gasteiger partial charge on any atom is 0.102 e. The Balaban J connectivity index is 2.61. The van der Waals surface area contributed by atoms with Gasteiger partial charge in [0.15, 0.2) is 0 Å². The Morgan fingerprint density at radius 2 is 1.60 bits per heavy atom. The topological polar surface area (TPSA) is 40.5 Å². The zero-order chi connectivity index (χ0) is 14.8. The predicted molar refractivity (Wildman–Crippen MR) is 85.2 cm³/mol. The van der Waals surface area contributed by atoms with Crippen LogP contribution in [0.15, 0.2) is 72.4 Å². The van der Waals surface area contributed by atoms with Gasteiger partial charge >= 0.3 is 0 Å². The van der Waals surface area contributed by atoms with Crippen molar-refractivity contribution in [3.63, 3.8) is 0 Å². The molecular weight excluding hydrogens is 248 g/mol. The minimum atomic E-state index is -0.921. The van der Waals surface area contributed by atoms with E-state index >= 15 is 0 Å². The van der Waals surface area contributed by atoms with Crippen molar-refractivity contribution in [3.05, 3.63) is 77.9 Å². The summed E-state index contributed by atoms with van der Waals surface area (Å²) in [4.78, 5) is 0. The van der Waals surface area contributed by atoms with Gasteiger partial charge in [0.2, 0.25) is 0 Å². The minimum Gasteiger partial charge on any atom is -0.386 e. The number of hydrogen-bond donors (Lipinski definition) is 2. The molecule has 0 saturated heterocycles. The lowest BCUT2D eigenvalue weighted by atomic mass is 10.1. The molecule has 0 radical (unpaired) electrons. The zero-order valence-corrected chi connectivity index (χ0v) is 12.0. The third-order valence-corrected chi connectivity index (χ3v) is 2.81. The largest absolute Gasteiger partial charge is 0.386 e. The first-order valence-corrected chi connectivity index (χ1v) is 6.74. The van der Waals surface area contributed by atoms with E-state index in [1.165, 1.54) is 0 Å². The second-order valence-electron chi connectivity index (χ2n) is 4.40. The lowest BCUT2D eigenvalue weighted by Crippen LogP contribution is -2.21. The highest BCUT2D eigenvalue weighted by molar-refractivity contribution is 5.49. The molecule has 0 bridgehead atoms. The summed E-state index contributed by atoms with van der Waals surface area (Å²) in [7, 11) is 0. The number of aliphatic hydroxyl groups excluding tert-OH is 2. The van der Waals surface area contributed by atoms with Crippen molar-refractivity contribution < 1.29 is 10.2 Å². The molecule has 2 nitrogen and oxygen atoms in total. The molecule has 2 atom stereocenters. The van der Waals surface area contributed by atoms with E-state index in [1.807, 2.05) is 62.4 Å². The summed E-state index contributed by atoms with van der Waals surface area (Å²) in [5.74, 6) is 0. The number of allylic oxidation sites excluding steroid dienone is 5. The van der Waals surface area contributed by atoms with Gasteiger partial charge in [0.05, 0.1) is 0 Å². The van der Waals surface area contributed by atoms with Crippen LogP contribution in [-0.4, -0.2) is 22.4 Å². The third kappa shape index (κ3) is 5.83.